The molecule has 94 valence electrons. The van der Waals surface area contributed by atoms with Crippen molar-refractivity contribution in [3.63, 3.8) is 0 Å². The van der Waals surface area contributed by atoms with Gasteiger partial charge in [0, 0.05) is 13.1 Å². The Morgan fingerprint density at radius 3 is 2.65 bits per heavy atom. The summed E-state index contributed by atoms with van der Waals surface area (Å²) >= 11 is 0.896. The average molecular weight is 258 g/mol. The molecular weight excluding hydrogens is 244 g/mol. The van der Waals surface area contributed by atoms with Crippen LogP contribution >= 0.6 is 11.8 Å². The molecule has 0 aromatic rings. The van der Waals surface area contributed by atoms with E-state index < -0.39 is 11.2 Å². The third kappa shape index (κ3) is 2.61. The van der Waals surface area contributed by atoms with Gasteiger partial charge in [-0.05, 0) is 0 Å². The third-order valence-electron chi connectivity index (χ3n) is 2.88. The lowest BCUT2D eigenvalue weighted by molar-refractivity contribution is -0.140. The van der Waals surface area contributed by atoms with E-state index >= 15 is 0 Å². The number of imide groups is 1. The van der Waals surface area contributed by atoms with Gasteiger partial charge in [0.05, 0.1) is 19.1 Å². The highest BCUT2D eigenvalue weighted by Crippen LogP contribution is 2.27. The van der Waals surface area contributed by atoms with E-state index in [9.17, 15) is 14.4 Å². The minimum absolute atomic E-state index is 0.0874. The summed E-state index contributed by atoms with van der Waals surface area (Å²) in [6, 6.07) is 0. The van der Waals surface area contributed by atoms with Gasteiger partial charge in [-0.2, -0.15) is 0 Å². The van der Waals surface area contributed by atoms with Crippen LogP contribution in [0.15, 0.2) is 0 Å². The zero-order valence-electron chi connectivity index (χ0n) is 9.47. The second-order valence-electron chi connectivity index (χ2n) is 4.04. The van der Waals surface area contributed by atoms with Crippen molar-refractivity contribution in [2.75, 3.05) is 26.3 Å². The van der Waals surface area contributed by atoms with Crippen molar-refractivity contribution in [3.05, 3.63) is 0 Å². The van der Waals surface area contributed by atoms with Gasteiger partial charge >= 0.3 is 0 Å². The van der Waals surface area contributed by atoms with Gasteiger partial charge in [-0.15, -0.1) is 0 Å². The molecule has 0 bridgehead atoms. The average Bonchev–Trinajstić information content (AvgIpc) is 2.68. The Hall–Kier alpha value is -1.08. The van der Waals surface area contributed by atoms with Crippen LogP contribution in [0.25, 0.3) is 0 Å². The molecule has 0 aromatic carbocycles. The Morgan fingerprint density at radius 2 is 2.12 bits per heavy atom. The Labute approximate surface area is 103 Å². The highest BCUT2D eigenvalue weighted by Gasteiger charge is 2.40. The summed E-state index contributed by atoms with van der Waals surface area (Å²) in [6.45, 7) is 3.85. The standard InChI is InChI=1S/C10H14N2O4S/c1-6(7-8(13)11-10(15)17-7)9(14)12-2-4-16-5-3-12/h6-7H,2-5H2,1H3,(H,11,13,15). The highest BCUT2D eigenvalue weighted by molar-refractivity contribution is 8.15. The van der Waals surface area contributed by atoms with Crippen LogP contribution in [-0.4, -0.2) is 53.5 Å². The van der Waals surface area contributed by atoms with Crippen molar-refractivity contribution < 1.29 is 19.1 Å². The van der Waals surface area contributed by atoms with E-state index in [4.69, 9.17) is 4.74 Å². The first kappa shape index (κ1) is 12.4. The van der Waals surface area contributed by atoms with Gasteiger partial charge in [0.1, 0.15) is 5.25 Å². The third-order valence-corrected chi connectivity index (χ3v) is 4.08. The normalized spacial score (nSPS) is 26.9. The van der Waals surface area contributed by atoms with E-state index in [1.165, 1.54) is 0 Å². The summed E-state index contributed by atoms with van der Waals surface area (Å²) in [5.74, 6) is -0.936. The maximum atomic E-state index is 12.1. The van der Waals surface area contributed by atoms with Crippen molar-refractivity contribution in [2.24, 2.45) is 5.92 Å². The molecule has 0 aliphatic carbocycles. The molecule has 7 heteroatoms. The largest absolute Gasteiger partial charge is 0.378 e. The number of ether oxygens (including phenoxy) is 1. The molecule has 2 aliphatic rings. The fraction of sp³-hybridized carbons (Fsp3) is 0.700. The van der Waals surface area contributed by atoms with Crippen LogP contribution in [0.1, 0.15) is 6.92 Å². The minimum Gasteiger partial charge on any atom is -0.378 e. The second-order valence-corrected chi connectivity index (χ2v) is 5.16. The monoisotopic (exact) mass is 258 g/mol. The highest BCUT2D eigenvalue weighted by atomic mass is 32.2. The first-order valence-corrected chi connectivity index (χ1v) is 6.35. The van der Waals surface area contributed by atoms with Crippen LogP contribution in [-0.2, 0) is 14.3 Å². The molecule has 0 aromatic heterocycles. The van der Waals surface area contributed by atoms with Crippen molar-refractivity contribution in [2.45, 2.75) is 12.2 Å². The van der Waals surface area contributed by atoms with Gasteiger partial charge in [-0.3, -0.25) is 19.7 Å². The van der Waals surface area contributed by atoms with E-state index in [1.54, 1.807) is 11.8 Å². The van der Waals surface area contributed by atoms with E-state index in [0.29, 0.717) is 26.3 Å². The molecule has 6 nitrogen and oxygen atoms in total. The summed E-state index contributed by atoms with van der Waals surface area (Å²) in [6.07, 6.45) is 0. The number of nitrogens with zero attached hydrogens (tertiary/aromatic N) is 1. The smallest absolute Gasteiger partial charge is 0.286 e. The lowest BCUT2D eigenvalue weighted by atomic mass is 10.1. The molecule has 3 amide bonds. The van der Waals surface area contributed by atoms with Gasteiger partial charge in [0.2, 0.25) is 11.8 Å². The molecule has 0 saturated carbocycles. The molecular formula is C10H14N2O4S. The molecule has 2 fully saturated rings. The summed E-state index contributed by atoms with van der Waals surface area (Å²) in [7, 11) is 0. The van der Waals surface area contributed by atoms with Gasteiger partial charge < -0.3 is 9.64 Å². The van der Waals surface area contributed by atoms with Crippen LogP contribution in [0.4, 0.5) is 4.79 Å². The van der Waals surface area contributed by atoms with Gasteiger partial charge in [-0.25, -0.2) is 0 Å². The minimum atomic E-state index is -0.599. The van der Waals surface area contributed by atoms with Crippen LogP contribution in [0.2, 0.25) is 0 Å². The van der Waals surface area contributed by atoms with Gasteiger partial charge in [0.25, 0.3) is 5.24 Å². The molecule has 17 heavy (non-hydrogen) atoms. The number of thioether (sulfide) groups is 1. The number of nitrogens with one attached hydrogen (secondary N) is 1. The molecule has 2 unspecified atom stereocenters. The summed E-state index contributed by atoms with van der Waals surface area (Å²) in [5, 5.41) is 1.22. The Kier molecular flexibility index (Phi) is 3.68. The summed E-state index contributed by atoms with van der Waals surface area (Å²) in [4.78, 5) is 36.3. The molecule has 2 aliphatic heterocycles. The fourth-order valence-corrected chi connectivity index (χ4v) is 2.78. The molecule has 0 spiro atoms. The number of carbonyl (C=O) groups is 3. The molecule has 1 N–H and O–H groups in total. The maximum absolute atomic E-state index is 12.1. The summed E-state index contributed by atoms with van der Waals surface area (Å²) < 4.78 is 5.16. The lowest BCUT2D eigenvalue weighted by Gasteiger charge is -2.30. The molecule has 2 atom stereocenters. The van der Waals surface area contributed by atoms with Crippen LogP contribution in [0.3, 0.4) is 0 Å². The zero-order chi connectivity index (χ0) is 12.4. The second kappa shape index (κ2) is 5.05. The quantitative estimate of drug-likeness (QED) is 0.744. The first-order valence-electron chi connectivity index (χ1n) is 5.47. The predicted molar refractivity (Wildman–Crippen MR) is 61.5 cm³/mol. The van der Waals surface area contributed by atoms with E-state index in [-0.39, 0.29) is 17.1 Å². The Balaban J connectivity index is 1.98. The molecule has 2 saturated heterocycles. The van der Waals surface area contributed by atoms with Gasteiger partial charge in [-0.1, -0.05) is 18.7 Å². The van der Waals surface area contributed by atoms with E-state index in [1.807, 2.05) is 0 Å². The first-order chi connectivity index (χ1) is 8.09. The van der Waals surface area contributed by atoms with Crippen LogP contribution in [0.5, 0.6) is 0 Å². The number of rotatable bonds is 2. The molecule has 2 rings (SSSR count). The van der Waals surface area contributed by atoms with Crippen molar-refractivity contribution >= 4 is 28.8 Å². The Morgan fingerprint density at radius 1 is 1.47 bits per heavy atom. The van der Waals surface area contributed by atoms with Crippen molar-refractivity contribution in [1.82, 2.24) is 10.2 Å². The Bertz CT molecular complexity index is 354. The zero-order valence-corrected chi connectivity index (χ0v) is 10.3. The number of amides is 3. The predicted octanol–water partition coefficient (Wildman–Crippen LogP) is -0.167. The number of carbonyl (C=O) groups excluding carboxylic acids is 3. The van der Waals surface area contributed by atoms with E-state index in [2.05, 4.69) is 5.32 Å². The SMILES string of the molecule is CC(C(=O)N1CCOCC1)C1SC(=O)NC1=O. The van der Waals surface area contributed by atoms with Crippen molar-refractivity contribution in [1.29, 1.82) is 0 Å². The van der Waals surface area contributed by atoms with E-state index in [0.717, 1.165) is 11.8 Å². The van der Waals surface area contributed by atoms with Gasteiger partial charge in [0.15, 0.2) is 0 Å². The van der Waals surface area contributed by atoms with Crippen molar-refractivity contribution in [3.8, 4) is 0 Å². The molecule has 2 heterocycles. The summed E-state index contributed by atoms with van der Waals surface area (Å²) in [5.41, 5.74) is 0. The van der Waals surface area contributed by atoms with Crippen LogP contribution in [0, 0.1) is 5.92 Å². The number of morpholine rings is 1. The number of hydrogen-bond donors (Lipinski definition) is 1. The lowest BCUT2D eigenvalue weighted by Crippen LogP contribution is -2.46. The molecule has 0 radical (unpaired) electrons. The topological polar surface area (TPSA) is 75.7 Å². The van der Waals surface area contributed by atoms with Crippen LogP contribution < -0.4 is 5.32 Å². The maximum Gasteiger partial charge on any atom is 0.286 e. The fourth-order valence-electron chi connectivity index (χ4n) is 1.90. The number of hydrogen-bond acceptors (Lipinski definition) is 5.